The van der Waals surface area contributed by atoms with E-state index in [-0.39, 0.29) is 86.5 Å². The van der Waals surface area contributed by atoms with E-state index in [0.717, 1.165) is 46.4 Å². The van der Waals surface area contributed by atoms with Crippen molar-refractivity contribution in [2.75, 3.05) is 98.2 Å². The van der Waals surface area contributed by atoms with E-state index in [1.807, 2.05) is 0 Å². The van der Waals surface area contributed by atoms with Gasteiger partial charge >= 0.3 is 65.7 Å². The lowest BCUT2D eigenvalue weighted by atomic mass is 9.77. The smallest absolute Gasteiger partial charge is 0.344 e. The minimum Gasteiger partial charge on any atom is -0.488 e. The Bertz CT molecular complexity index is 2750. The Morgan fingerprint density at radius 3 is 1.31 bits per heavy atom. The fourth-order valence-electron chi connectivity index (χ4n) is 7.24. The van der Waals surface area contributed by atoms with Crippen molar-refractivity contribution in [3.8, 4) is 28.7 Å². The van der Waals surface area contributed by atoms with Crippen LogP contribution in [0.1, 0.15) is 68.6 Å². The zero-order valence-corrected chi connectivity index (χ0v) is 45.5. The van der Waals surface area contributed by atoms with Crippen molar-refractivity contribution in [3.63, 3.8) is 0 Å². The van der Waals surface area contributed by atoms with Gasteiger partial charge in [-0.3, -0.25) is 52.8 Å². The van der Waals surface area contributed by atoms with Crippen LogP contribution in [0.15, 0.2) is 36.4 Å². The molecule has 29 nitrogen and oxygen atoms in total. The molecule has 3 aromatic carbocycles. The summed E-state index contributed by atoms with van der Waals surface area (Å²) in [6, 6.07) is 8.05. The summed E-state index contributed by atoms with van der Waals surface area (Å²) >= 11 is 13.6. The number of esters is 11. The van der Waals surface area contributed by atoms with Crippen LogP contribution in [0, 0.1) is 0 Å². The van der Waals surface area contributed by atoms with E-state index in [9.17, 15) is 52.7 Å². The Labute approximate surface area is 469 Å². The summed E-state index contributed by atoms with van der Waals surface area (Å²) in [5, 5.41) is -0.201. The molecule has 31 heteroatoms. The first-order chi connectivity index (χ1) is 38.5. The third-order valence-electron chi connectivity index (χ3n) is 10.6. The SMILES string of the molecule is CC(=O)OCOC(=O)CN(CCOCCOc1c(N(CC(=O)OCOC(C)=O)CC(=O)OCOC(C)=O)ccc2c1C(=O)OC21c2cc(Cl)c(OCOC(C)=O)cc2Oc2cc(OCOC(C)=O)c(Cl)cc21)CC(=O)OCOC(C)=O. The third-order valence-corrected chi connectivity index (χ3v) is 11.2. The first-order valence-corrected chi connectivity index (χ1v) is 24.4. The summed E-state index contributed by atoms with van der Waals surface area (Å²) < 4.78 is 84.7. The topological polar surface area (TPSA) is 342 Å². The Morgan fingerprint density at radius 2 is 0.889 bits per heavy atom. The summed E-state index contributed by atoms with van der Waals surface area (Å²) in [6.07, 6.45) is 0. The van der Waals surface area contributed by atoms with Gasteiger partial charge < -0.3 is 80.7 Å². The summed E-state index contributed by atoms with van der Waals surface area (Å²) in [4.78, 5) is 138. The molecule has 5 rings (SSSR count). The maximum absolute atomic E-state index is 14.9. The Balaban J connectivity index is 1.60. The van der Waals surface area contributed by atoms with Gasteiger partial charge in [-0.2, -0.15) is 0 Å². The minimum atomic E-state index is -2.07. The average molecular weight is 1180 g/mol. The number of hydrogen-bond donors (Lipinski definition) is 0. The first-order valence-electron chi connectivity index (χ1n) is 23.6. The number of benzene rings is 3. The standard InChI is InChI=1S/C50H52Cl2N2O27/c1-27(55)68-21-74-41-15-39-34(13-36(41)51)50(35-14-37(52)42(16-40(35)80-39)75-22-69-28(2)56)33-7-8-38(54(19-45(63)78-25-72-31(5)59)20-46(64)79-26-73-32(6)60)48(47(33)49(65)81-50)67-12-11-66-10-9-53(17-43(61)76-23-70-29(3)57)18-44(62)77-24-71-30(4)58/h7-8,13-16H,9-12,17-26H2,1-6H3. The van der Waals surface area contributed by atoms with E-state index in [0.29, 0.717) is 0 Å². The lowest BCUT2D eigenvalue weighted by Gasteiger charge is -2.37. The second-order valence-corrected chi connectivity index (χ2v) is 17.3. The monoisotopic (exact) mass is 1180 g/mol. The molecule has 2 heterocycles. The quantitative estimate of drug-likeness (QED) is 0.0400. The van der Waals surface area contributed by atoms with Crippen LogP contribution < -0.4 is 23.8 Å². The number of anilines is 1. The van der Waals surface area contributed by atoms with Gasteiger partial charge in [0.2, 0.25) is 40.8 Å². The van der Waals surface area contributed by atoms with E-state index >= 15 is 0 Å². The normalized spacial score (nSPS) is 12.1. The minimum absolute atomic E-state index is 0.0129. The van der Waals surface area contributed by atoms with Crippen LogP contribution in [0.25, 0.3) is 0 Å². The zero-order valence-electron chi connectivity index (χ0n) is 44.0. The van der Waals surface area contributed by atoms with Crippen LogP contribution in [-0.4, -0.2) is 164 Å². The lowest BCUT2D eigenvalue weighted by Crippen LogP contribution is -2.39. The molecule has 0 aliphatic carbocycles. The molecule has 0 fully saturated rings. The first kappa shape index (κ1) is 63.2. The molecule has 0 saturated heterocycles. The molecule has 0 aromatic heterocycles. The molecule has 0 bridgehead atoms. The predicted octanol–water partition coefficient (Wildman–Crippen LogP) is 3.12. The fraction of sp³-hybridized carbons (Fsp3) is 0.420. The van der Waals surface area contributed by atoms with Gasteiger partial charge in [-0.15, -0.1) is 0 Å². The fourth-order valence-corrected chi connectivity index (χ4v) is 7.68. The van der Waals surface area contributed by atoms with E-state index in [1.165, 1.54) is 41.3 Å². The number of ether oxygens (including phenoxy) is 16. The average Bonchev–Trinajstić information content (AvgIpc) is 3.98. The van der Waals surface area contributed by atoms with Crippen molar-refractivity contribution < 1.29 is 129 Å². The molecule has 438 valence electrons. The van der Waals surface area contributed by atoms with Gasteiger partial charge in [0.15, 0.2) is 11.4 Å². The zero-order chi connectivity index (χ0) is 59.4. The highest BCUT2D eigenvalue weighted by Crippen LogP contribution is 2.60. The molecule has 2 aliphatic rings. The van der Waals surface area contributed by atoms with Crippen molar-refractivity contribution in [1.82, 2.24) is 4.90 Å². The maximum Gasteiger partial charge on any atom is 0.344 e. The second kappa shape index (κ2) is 30.1. The van der Waals surface area contributed by atoms with Crippen molar-refractivity contribution in [3.05, 3.63) is 68.7 Å². The number of hydrogen-bond acceptors (Lipinski definition) is 29. The maximum atomic E-state index is 14.9. The third kappa shape index (κ3) is 18.4. The van der Waals surface area contributed by atoms with E-state index in [2.05, 4.69) is 9.47 Å². The van der Waals surface area contributed by atoms with Gasteiger partial charge in [0.25, 0.3) is 0 Å². The van der Waals surface area contributed by atoms with Crippen molar-refractivity contribution in [2.45, 2.75) is 47.1 Å². The number of fused-ring (bicyclic) bond motifs is 6. The van der Waals surface area contributed by atoms with Gasteiger partial charge in [-0.1, -0.05) is 29.3 Å². The van der Waals surface area contributed by atoms with Crippen LogP contribution in [0.4, 0.5) is 5.69 Å². The number of halogens is 2. The Morgan fingerprint density at radius 1 is 0.481 bits per heavy atom. The second-order valence-electron chi connectivity index (χ2n) is 16.5. The van der Waals surface area contributed by atoms with Crippen LogP contribution in [0.3, 0.4) is 0 Å². The molecule has 0 atom stereocenters. The number of rotatable bonds is 30. The summed E-state index contributed by atoms with van der Waals surface area (Å²) in [5.74, 6) is -10.0. The number of carbonyl (C=O) groups excluding carboxylic acids is 11. The van der Waals surface area contributed by atoms with Gasteiger partial charge in [0, 0.05) is 76.9 Å². The molecular weight excluding hydrogens is 1130 g/mol. The molecular formula is C50H52Cl2N2O27. The Hall–Kier alpha value is -8.67. The lowest BCUT2D eigenvalue weighted by molar-refractivity contribution is -0.170. The molecule has 81 heavy (non-hydrogen) atoms. The van der Waals surface area contributed by atoms with Crippen molar-refractivity contribution >= 4 is 94.6 Å². The van der Waals surface area contributed by atoms with Crippen molar-refractivity contribution in [1.29, 1.82) is 0 Å². The summed E-state index contributed by atoms with van der Waals surface area (Å²) in [7, 11) is 0. The van der Waals surface area contributed by atoms with Crippen LogP contribution in [-0.2, 0) is 110 Å². The molecule has 0 saturated carbocycles. The summed E-state index contributed by atoms with van der Waals surface area (Å²) in [5.41, 5.74) is -2.44. The van der Waals surface area contributed by atoms with E-state index in [4.69, 9.17) is 89.5 Å². The van der Waals surface area contributed by atoms with Gasteiger partial charge in [0.1, 0.15) is 48.3 Å². The molecule has 2 aliphatic heterocycles. The molecule has 0 amide bonds. The molecule has 0 unspecified atom stereocenters. The highest BCUT2D eigenvalue weighted by molar-refractivity contribution is 6.32. The molecule has 1 spiro atoms. The van der Waals surface area contributed by atoms with Crippen LogP contribution >= 0.6 is 23.2 Å². The van der Waals surface area contributed by atoms with E-state index < -0.39 is 145 Å². The van der Waals surface area contributed by atoms with Gasteiger partial charge in [0.05, 0.1) is 42.0 Å². The molecule has 3 aromatic rings. The number of carbonyl (C=O) groups is 11. The predicted molar refractivity (Wildman–Crippen MR) is 265 cm³/mol. The highest BCUT2D eigenvalue weighted by atomic mass is 35.5. The van der Waals surface area contributed by atoms with Crippen LogP contribution in [0.5, 0.6) is 28.7 Å². The van der Waals surface area contributed by atoms with Gasteiger partial charge in [-0.05, 0) is 18.2 Å². The largest absolute Gasteiger partial charge is 0.488 e. The Kier molecular flexibility index (Phi) is 23.4. The highest BCUT2D eigenvalue weighted by Gasteiger charge is 2.56. The molecule has 0 radical (unpaired) electrons. The van der Waals surface area contributed by atoms with Crippen molar-refractivity contribution in [2.24, 2.45) is 0 Å². The number of nitrogens with zero attached hydrogens (tertiary/aromatic N) is 2. The summed E-state index contributed by atoms with van der Waals surface area (Å²) in [6.45, 7) is -1.54. The van der Waals surface area contributed by atoms with Crippen LogP contribution in [0.2, 0.25) is 10.0 Å². The van der Waals surface area contributed by atoms with Gasteiger partial charge in [-0.25, -0.2) is 4.79 Å². The van der Waals surface area contributed by atoms with E-state index in [1.54, 1.807) is 0 Å². The molecule has 0 N–H and O–H groups in total.